The van der Waals surface area contributed by atoms with Gasteiger partial charge in [-0.3, -0.25) is 9.69 Å². The van der Waals surface area contributed by atoms with Crippen molar-refractivity contribution in [2.24, 2.45) is 5.92 Å². The van der Waals surface area contributed by atoms with Gasteiger partial charge >= 0.3 is 0 Å². The van der Waals surface area contributed by atoms with Crippen molar-refractivity contribution in [2.45, 2.75) is 39.2 Å². The molecule has 1 aliphatic heterocycles. The van der Waals surface area contributed by atoms with E-state index in [1.165, 1.54) is 0 Å². The summed E-state index contributed by atoms with van der Waals surface area (Å²) in [7, 11) is 0. The fourth-order valence-electron chi connectivity index (χ4n) is 2.05. The predicted octanol–water partition coefficient (Wildman–Crippen LogP) is 0.605. The summed E-state index contributed by atoms with van der Waals surface area (Å²) in [4.78, 5) is 13.7. The van der Waals surface area contributed by atoms with Gasteiger partial charge in [0.05, 0.1) is 13.2 Å². The summed E-state index contributed by atoms with van der Waals surface area (Å²) in [6, 6.07) is 0.191. The van der Waals surface area contributed by atoms with Crippen molar-refractivity contribution in [3.8, 4) is 0 Å². The number of amides is 1. The Balaban J connectivity index is 2.18. The van der Waals surface area contributed by atoms with Gasteiger partial charge in [0.1, 0.15) is 0 Å². The van der Waals surface area contributed by atoms with Crippen LogP contribution >= 0.6 is 0 Å². The second kappa shape index (κ2) is 6.86. The second-order valence-corrected chi connectivity index (χ2v) is 4.98. The van der Waals surface area contributed by atoms with Crippen LogP contribution in [0.15, 0.2) is 0 Å². The molecule has 1 atom stereocenters. The molecule has 1 heterocycles. The minimum Gasteiger partial charge on any atom is -0.395 e. The molecule has 0 unspecified atom stereocenters. The molecule has 94 valence electrons. The molecule has 2 N–H and O–H groups in total. The highest BCUT2D eigenvalue weighted by Crippen LogP contribution is 2.15. The molecule has 4 nitrogen and oxygen atoms in total. The van der Waals surface area contributed by atoms with E-state index in [1.807, 2.05) is 0 Å². The van der Waals surface area contributed by atoms with Gasteiger partial charge in [0.15, 0.2) is 0 Å². The summed E-state index contributed by atoms with van der Waals surface area (Å²) in [6.45, 7) is 6.59. The molecule has 1 fully saturated rings. The number of nitrogens with zero attached hydrogens (tertiary/aromatic N) is 1. The van der Waals surface area contributed by atoms with Gasteiger partial charge in [0, 0.05) is 12.6 Å². The normalized spacial score (nSPS) is 21.6. The molecule has 0 radical (unpaired) electrons. The molecule has 0 aromatic rings. The van der Waals surface area contributed by atoms with Crippen LogP contribution in [0, 0.1) is 5.92 Å². The molecule has 4 heteroatoms. The fourth-order valence-corrected chi connectivity index (χ4v) is 2.05. The highest BCUT2D eigenvalue weighted by Gasteiger charge is 2.25. The first kappa shape index (κ1) is 13.5. The molecule has 0 spiro atoms. The van der Waals surface area contributed by atoms with E-state index in [0.717, 1.165) is 32.4 Å². The Hall–Kier alpha value is -0.610. The summed E-state index contributed by atoms with van der Waals surface area (Å²) >= 11 is 0. The van der Waals surface area contributed by atoms with Crippen LogP contribution in [0.3, 0.4) is 0 Å². The second-order valence-electron chi connectivity index (χ2n) is 4.98. The van der Waals surface area contributed by atoms with Crippen molar-refractivity contribution < 1.29 is 9.90 Å². The average Bonchev–Trinajstić information content (AvgIpc) is 2.64. The Morgan fingerprint density at radius 2 is 2.31 bits per heavy atom. The van der Waals surface area contributed by atoms with Crippen LogP contribution in [0.25, 0.3) is 0 Å². The number of nitrogens with one attached hydrogen (secondary N) is 1. The molecule has 16 heavy (non-hydrogen) atoms. The zero-order valence-electron chi connectivity index (χ0n) is 10.4. The monoisotopic (exact) mass is 228 g/mol. The number of likely N-dealkylation sites (tertiary alicyclic amines) is 1. The van der Waals surface area contributed by atoms with Gasteiger partial charge in [0.2, 0.25) is 5.91 Å². The maximum absolute atomic E-state index is 11.6. The highest BCUT2D eigenvalue weighted by molar-refractivity contribution is 5.78. The van der Waals surface area contributed by atoms with E-state index in [4.69, 9.17) is 5.11 Å². The van der Waals surface area contributed by atoms with Gasteiger partial charge in [-0.1, -0.05) is 13.8 Å². The lowest BCUT2D eigenvalue weighted by molar-refractivity contribution is -0.122. The molecule has 0 saturated carbocycles. The number of hydrogen-bond donors (Lipinski definition) is 2. The van der Waals surface area contributed by atoms with Crippen molar-refractivity contribution in [2.75, 3.05) is 26.2 Å². The molecule has 0 aliphatic carbocycles. The summed E-state index contributed by atoms with van der Waals surface area (Å²) in [6.07, 6.45) is 3.12. The Bertz CT molecular complexity index is 219. The predicted molar refractivity (Wildman–Crippen MR) is 64.1 cm³/mol. The van der Waals surface area contributed by atoms with Crippen LogP contribution < -0.4 is 5.32 Å². The van der Waals surface area contributed by atoms with Gasteiger partial charge in [-0.15, -0.1) is 0 Å². The third kappa shape index (κ3) is 4.49. The number of aliphatic hydroxyl groups excluding tert-OH is 1. The van der Waals surface area contributed by atoms with Crippen LogP contribution in [-0.2, 0) is 4.79 Å². The Morgan fingerprint density at radius 3 is 2.94 bits per heavy atom. The molecule has 1 amide bonds. The lowest BCUT2D eigenvalue weighted by atomic mass is 10.1. The summed E-state index contributed by atoms with van der Waals surface area (Å²) in [5, 5.41) is 12.0. The van der Waals surface area contributed by atoms with Crippen molar-refractivity contribution in [3.05, 3.63) is 0 Å². The van der Waals surface area contributed by atoms with Crippen molar-refractivity contribution in [3.63, 3.8) is 0 Å². The maximum Gasteiger partial charge on any atom is 0.234 e. The first-order chi connectivity index (χ1) is 7.63. The summed E-state index contributed by atoms with van der Waals surface area (Å²) in [5.41, 5.74) is 0. The van der Waals surface area contributed by atoms with Crippen molar-refractivity contribution in [1.82, 2.24) is 10.2 Å². The lowest BCUT2D eigenvalue weighted by Gasteiger charge is -2.21. The minimum absolute atomic E-state index is 0.0843. The molecule has 0 aromatic heterocycles. The van der Waals surface area contributed by atoms with Crippen molar-refractivity contribution >= 4 is 5.91 Å². The standard InChI is InChI=1S/C12H24N2O2/c1-10(2)5-6-13-12(16)8-14-7-3-4-11(14)9-15/h10-11,15H,3-9H2,1-2H3,(H,13,16)/t11-/m0/s1. The quantitative estimate of drug-likeness (QED) is 0.700. The molecular formula is C12H24N2O2. The first-order valence-electron chi connectivity index (χ1n) is 6.25. The molecule has 1 saturated heterocycles. The number of aliphatic hydroxyl groups is 1. The van der Waals surface area contributed by atoms with Crippen LogP contribution in [0.1, 0.15) is 33.1 Å². The number of rotatable bonds is 6. The molecule has 0 bridgehead atoms. The lowest BCUT2D eigenvalue weighted by Crippen LogP contribution is -2.41. The maximum atomic E-state index is 11.6. The number of carbonyl (C=O) groups excluding carboxylic acids is 1. The van der Waals surface area contributed by atoms with Crippen molar-refractivity contribution in [1.29, 1.82) is 0 Å². The van der Waals surface area contributed by atoms with Crippen LogP contribution in [-0.4, -0.2) is 48.2 Å². The van der Waals surface area contributed by atoms with Crippen LogP contribution in [0.2, 0.25) is 0 Å². The van der Waals surface area contributed by atoms with Crippen LogP contribution in [0.5, 0.6) is 0 Å². The van der Waals surface area contributed by atoms with E-state index in [9.17, 15) is 4.79 Å². The van der Waals surface area contributed by atoms with E-state index >= 15 is 0 Å². The van der Waals surface area contributed by atoms with E-state index < -0.39 is 0 Å². The summed E-state index contributed by atoms with van der Waals surface area (Å²) < 4.78 is 0. The van der Waals surface area contributed by atoms with E-state index in [2.05, 4.69) is 24.1 Å². The van der Waals surface area contributed by atoms with E-state index in [0.29, 0.717) is 12.5 Å². The van der Waals surface area contributed by atoms with Crippen LogP contribution in [0.4, 0.5) is 0 Å². The highest BCUT2D eigenvalue weighted by atomic mass is 16.3. The first-order valence-corrected chi connectivity index (χ1v) is 6.25. The molecular weight excluding hydrogens is 204 g/mol. The van der Waals surface area contributed by atoms with E-state index in [1.54, 1.807) is 0 Å². The fraction of sp³-hybridized carbons (Fsp3) is 0.917. The third-order valence-corrected chi connectivity index (χ3v) is 3.10. The zero-order chi connectivity index (χ0) is 12.0. The van der Waals surface area contributed by atoms with Gasteiger partial charge in [-0.25, -0.2) is 0 Å². The smallest absolute Gasteiger partial charge is 0.234 e. The molecule has 1 rings (SSSR count). The number of carbonyl (C=O) groups is 1. The number of hydrogen-bond acceptors (Lipinski definition) is 3. The zero-order valence-corrected chi connectivity index (χ0v) is 10.4. The van der Waals surface area contributed by atoms with E-state index in [-0.39, 0.29) is 18.6 Å². The SMILES string of the molecule is CC(C)CCNC(=O)CN1CCC[C@H]1CO. The Morgan fingerprint density at radius 1 is 1.56 bits per heavy atom. The van der Waals surface area contributed by atoms with Gasteiger partial charge in [-0.2, -0.15) is 0 Å². The van der Waals surface area contributed by atoms with Gasteiger partial charge in [-0.05, 0) is 31.7 Å². The third-order valence-electron chi connectivity index (χ3n) is 3.10. The Kier molecular flexibility index (Phi) is 5.77. The minimum atomic E-state index is 0.0843. The molecule has 0 aromatic carbocycles. The summed E-state index contributed by atoms with van der Waals surface area (Å²) in [5.74, 6) is 0.707. The topological polar surface area (TPSA) is 52.6 Å². The Labute approximate surface area is 98.0 Å². The largest absolute Gasteiger partial charge is 0.395 e. The van der Waals surface area contributed by atoms with Gasteiger partial charge < -0.3 is 10.4 Å². The van der Waals surface area contributed by atoms with Gasteiger partial charge in [0.25, 0.3) is 0 Å². The average molecular weight is 228 g/mol. The molecule has 1 aliphatic rings.